The minimum absolute atomic E-state index is 0.186. The minimum Gasteiger partial charge on any atom is -0.497 e. The highest BCUT2D eigenvalue weighted by Crippen LogP contribution is 2.20. The molecule has 2 amide bonds. The van der Waals surface area contributed by atoms with E-state index in [0.717, 1.165) is 16.7 Å². The van der Waals surface area contributed by atoms with Crippen molar-refractivity contribution in [3.05, 3.63) is 72.2 Å². The molecule has 9 heteroatoms. The van der Waals surface area contributed by atoms with E-state index in [1.807, 2.05) is 54.6 Å². The van der Waals surface area contributed by atoms with E-state index in [9.17, 15) is 9.59 Å². The molecule has 0 saturated carbocycles. The smallest absolute Gasteiger partial charge is 0.288 e. The third kappa shape index (κ3) is 5.07. The van der Waals surface area contributed by atoms with Gasteiger partial charge in [-0.15, -0.1) is 0 Å². The molecule has 4 aromatic rings. The van der Waals surface area contributed by atoms with E-state index in [1.165, 1.54) is 0 Å². The number of hydrazine groups is 1. The molecule has 0 saturated heterocycles. The van der Waals surface area contributed by atoms with Crippen molar-refractivity contribution in [1.82, 2.24) is 26.0 Å². The third-order valence-corrected chi connectivity index (χ3v) is 4.76. The maximum absolute atomic E-state index is 12.2. The number of aryl methyl sites for hydroxylation is 1. The Labute approximate surface area is 183 Å². The van der Waals surface area contributed by atoms with Gasteiger partial charge < -0.3 is 9.26 Å². The Balaban J connectivity index is 1.22. The van der Waals surface area contributed by atoms with Gasteiger partial charge in [0.1, 0.15) is 11.4 Å². The summed E-state index contributed by atoms with van der Waals surface area (Å²) in [5, 5.41) is 4.90. The second-order valence-corrected chi connectivity index (χ2v) is 6.99. The van der Waals surface area contributed by atoms with Crippen molar-refractivity contribution in [2.45, 2.75) is 19.3 Å². The average molecular weight is 431 g/mol. The van der Waals surface area contributed by atoms with Gasteiger partial charge in [0.05, 0.1) is 12.6 Å². The average Bonchev–Trinajstić information content (AvgIpc) is 3.31. The number of carbonyl (C=O) groups excluding carboxylic acids is 2. The first-order chi connectivity index (χ1) is 15.6. The standard InChI is InChI=1S/C23H21N5O4/c1-31-17-12-9-16(10-13-17)22-25-21(32-28-22)8-4-7-20(29)26-27-23(30)19-14-11-15-5-2-3-6-18(15)24-19/h2-3,5-6,9-14H,4,7-8H2,1H3,(H,26,29)(H,27,30). The fourth-order valence-corrected chi connectivity index (χ4v) is 3.06. The van der Waals surface area contributed by atoms with Crippen LogP contribution < -0.4 is 15.6 Å². The second-order valence-electron chi connectivity index (χ2n) is 6.99. The molecule has 0 bridgehead atoms. The quantitative estimate of drug-likeness (QED) is 0.432. The molecule has 0 fully saturated rings. The Bertz CT molecular complexity index is 1240. The van der Waals surface area contributed by atoms with E-state index in [-0.39, 0.29) is 18.0 Å². The van der Waals surface area contributed by atoms with Crippen LogP contribution in [-0.4, -0.2) is 34.0 Å². The predicted octanol–water partition coefficient (Wildman–Crippen LogP) is 3.08. The summed E-state index contributed by atoms with van der Waals surface area (Å²) in [5.41, 5.74) is 6.52. The predicted molar refractivity (Wildman–Crippen MR) is 117 cm³/mol. The van der Waals surface area contributed by atoms with Crippen LogP contribution in [0.2, 0.25) is 0 Å². The molecule has 2 aromatic carbocycles. The molecule has 0 radical (unpaired) electrons. The van der Waals surface area contributed by atoms with Gasteiger partial charge in [-0.2, -0.15) is 4.98 Å². The SMILES string of the molecule is COc1ccc(-c2noc(CCCC(=O)NNC(=O)c3ccc4ccccc4n3)n2)cc1. The molecule has 0 aliphatic heterocycles. The molecule has 2 heterocycles. The molecule has 32 heavy (non-hydrogen) atoms. The number of benzene rings is 2. The lowest BCUT2D eigenvalue weighted by Gasteiger charge is -2.07. The molecule has 0 aliphatic rings. The molecule has 9 nitrogen and oxygen atoms in total. The van der Waals surface area contributed by atoms with Crippen LogP contribution in [0.15, 0.2) is 65.2 Å². The van der Waals surface area contributed by atoms with Crippen LogP contribution in [0, 0.1) is 0 Å². The lowest BCUT2D eigenvalue weighted by Crippen LogP contribution is -2.41. The summed E-state index contributed by atoms with van der Waals surface area (Å²) in [6.07, 6.45) is 1.11. The third-order valence-electron chi connectivity index (χ3n) is 4.76. The van der Waals surface area contributed by atoms with Crippen LogP contribution in [0.5, 0.6) is 5.75 Å². The Morgan fingerprint density at radius 1 is 0.969 bits per heavy atom. The number of fused-ring (bicyclic) bond motifs is 1. The fourth-order valence-electron chi connectivity index (χ4n) is 3.06. The fraction of sp³-hybridized carbons (Fsp3) is 0.174. The Morgan fingerprint density at radius 2 is 1.78 bits per heavy atom. The van der Waals surface area contributed by atoms with Gasteiger partial charge in [0.15, 0.2) is 0 Å². The molecule has 0 spiro atoms. The van der Waals surface area contributed by atoms with Gasteiger partial charge >= 0.3 is 0 Å². The molecule has 0 atom stereocenters. The summed E-state index contributed by atoms with van der Waals surface area (Å²) in [6, 6.07) is 18.2. The highest BCUT2D eigenvalue weighted by Gasteiger charge is 2.12. The van der Waals surface area contributed by atoms with Crippen molar-refractivity contribution < 1.29 is 18.8 Å². The second kappa shape index (κ2) is 9.69. The zero-order valence-electron chi connectivity index (χ0n) is 17.4. The lowest BCUT2D eigenvalue weighted by atomic mass is 10.2. The summed E-state index contributed by atoms with van der Waals surface area (Å²) in [7, 11) is 1.60. The summed E-state index contributed by atoms with van der Waals surface area (Å²) in [5.74, 6) is 0.849. The highest BCUT2D eigenvalue weighted by molar-refractivity contribution is 5.95. The Morgan fingerprint density at radius 3 is 2.59 bits per heavy atom. The summed E-state index contributed by atoms with van der Waals surface area (Å²) < 4.78 is 10.4. The van der Waals surface area contributed by atoms with E-state index in [1.54, 1.807) is 13.2 Å². The van der Waals surface area contributed by atoms with Crippen molar-refractivity contribution in [2.75, 3.05) is 7.11 Å². The molecule has 2 N–H and O–H groups in total. The number of nitrogens with one attached hydrogen (secondary N) is 2. The number of ether oxygens (including phenoxy) is 1. The van der Waals surface area contributed by atoms with Crippen LogP contribution in [0.1, 0.15) is 29.2 Å². The van der Waals surface area contributed by atoms with Crippen molar-refractivity contribution in [2.24, 2.45) is 0 Å². The zero-order valence-corrected chi connectivity index (χ0v) is 17.4. The number of hydrogen-bond acceptors (Lipinski definition) is 7. The number of aromatic nitrogens is 3. The first-order valence-corrected chi connectivity index (χ1v) is 10.0. The van der Waals surface area contributed by atoms with E-state index >= 15 is 0 Å². The van der Waals surface area contributed by atoms with Crippen molar-refractivity contribution in [3.8, 4) is 17.1 Å². The van der Waals surface area contributed by atoms with Gasteiger partial charge in [0.25, 0.3) is 5.91 Å². The van der Waals surface area contributed by atoms with Crippen molar-refractivity contribution >= 4 is 22.7 Å². The van der Waals surface area contributed by atoms with Crippen LogP contribution in [0.25, 0.3) is 22.3 Å². The van der Waals surface area contributed by atoms with E-state index in [4.69, 9.17) is 9.26 Å². The van der Waals surface area contributed by atoms with Gasteiger partial charge in [0.2, 0.25) is 17.6 Å². The van der Waals surface area contributed by atoms with Crippen molar-refractivity contribution in [3.63, 3.8) is 0 Å². The number of hydrogen-bond donors (Lipinski definition) is 2. The van der Waals surface area contributed by atoms with Gasteiger partial charge in [-0.1, -0.05) is 29.4 Å². The van der Waals surface area contributed by atoms with E-state index in [0.29, 0.717) is 30.1 Å². The lowest BCUT2D eigenvalue weighted by molar-refractivity contribution is -0.121. The topological polar surface area (TPSA) is 119 Å². The van der Waals surface area contributed by atoms with Crippen LogP contribution in [-0.2, 0) is 11.2 Å². The van der Waals surface area contributed by atoms with Gasteiger partial charge in [-0.25, -0.2) is 4.98 Å². The number of para-hydroxylation sites is 1. The maximum Gasteiger partial charge on any atom is 0.288 e. The molecule has 2 aromatic heterocycles. The molecule has 4 rings (SSSR count). The monoisotopic (exact) mass is 431 g/mol. The number of nitrogens with zero attached hydrogens (tertiary/aromatic N) is 3. The van der Waals surface area contributed by atoms with Gasteiger partial charge in [-0.3, -0.25) is 20.4 Å². The number of methoxy groups -OCH3 is 1. The number of rotatable bonds is 7. The molecule has 0 unspecified atom stereocenters. The largest absolute Gasteiger partial charge is 0.497 e. The van der Waals surface area contributed by atoms with Crippen molar-refractivity contribution in [1.29, 1.82) is 0 Å². The highest BCUT2D eigenvalue weighted by atomic mass is 16.5. The normalized spacial score (nSPS) is 10.7. The molecule has 162 valence electrons. The Kier molecular flexibility index (Phi) is 6.35. The molecular weight excluding hydrogens is 410 g/mol. The molecular formula is C23H21N5O4. The van der Waals surface area contributed by atoms with Gasteiger partial charge in [0, 0.05) is 23.8 Å². The zero-order chi connectivity index (χ0) is 22.3. The first kappa shape index (κ1) is 21.0. The first-order valence-electron chi connectivity index (χ1n) is 10.0. The van der Waals surface area contributed by atoms with E-state index in [2.05, 4.69) is 26.0 Å². The summed E-state index contributed by atoms with van der Waals surface area (Å²) in [6.45, 7) is 0. The summed E-state index contributed by atoms with van der Waals surface area (Å²) in [4.78, 5) is 32.9. The number of amides is 2. The van der Waals surface area contributed by atoms with E-state index < -0.39 is 5.91 Å². The Hall–Kier alpha value is -4.27. The molecule has 0 aliphatic carbocycles. The maximum atomic E-state index is 12.2. The number of carbonyl (C=O) groups is 2. The summed E-state index contributed by atoms with van der Waals surface area (Å²) >= 11 is 0. The van der Waals surface area contributed by atoms with Crippen LogP contribution >= 0.6 is 0 Å². The van der Waals surface area contributed by atoms with Crippen LogP contribution in [0.3, 0.4) is 0 Å². The van der Waals surface area contributed by atoms with Gasteiger partial charge in [-0.05, 0) is 42.8 Å². The number of pyridine rings is 1. The van der Waals surface area contributed by atoms with Crippen LogP contribution in [0.4, 0.5) is 0 Å². The minimum atomic E-state index is -0.481.